The number of rotatable bonds is 4. The van der Waals surface area contributed by atoms with Crippen LogP contribution in [0.3, 0.4) is 0 Å². The van der Waals surface area contributed by atoms with Crippen LogP contribution in [0.15, 0.2) is 24.3 Å². The lowest BCUT2D eigenvalue weighted by molar-refractivity contribution is -0.143. The van der Waals surface area contributed by atoms with Crippen LogP contribution < -0.4 is 4.90 Å². The number of benzene rings is 1. The average molecular weight is 317 g/mol. The molecule has 124 valence electrons. The summed E-state index contributed by atoms with van der Waals surface area (Å²) < 4.78 is 0. The molecule has 0 bridgehead atoms. The summed E-state index contributed by atoms with van der Waals surface area (Å²) in [5.41, 5.74) is 2.27. The fourth-order valence-corrected chi connectivity index (χ4v) is 3.34. The molecule has 0 aromatic heterocycles. The highest BCUT2D eigenvalue weighted by Gasteiger charge is 2.29. The molecule has 1 N–H and O–H groups in total. The molecular formula is C17H23N3O3. The van der Waals surface area contributed by atoms with Gasteiger partial charge in [0.05, 0.1) is 6.54 Å². The molecule has 0 radical (unpaired) electrons. The Hall–Kier alpha value is -1.92. The van der Waals surface area contributed by atoms with Gasteiger partial charge >= 0.3 is 5.97 Å². The number of amides is 1. The van der Waals surface area contributed by atoms with Crippen molar-refractivity contribution in [3.05, 3.63) is 29.8 Å². The highest BCUT2D eigenvalue weighted by Crippen LogP contribution is 2.27. The van der Waals surface area contributed by atoms with Crippen molar-refractivity contribution in [2.24, 2.45) is 0 Å². The molecule has 3 rings (SSSR count). The summed E-state index contributed by atoms with van der Waals surface area (Å²) in [7, 11) is 0. The van der Waals surface area contributed by atoms with Crippen LogP contribution in [0, 0.1) is 0 Å². The maximum Gasteiger partial charge on any atom is 0.320 e. The lowest BCUT2D eigenvalue weighted by Crippen LogP contribution is -2.53. The number of nitrogens with zero attached hydrogens (tertiary/aromatic N) is 3. The molecule has 0 spiro atoms. The van der Waals surface area contributed by atoms with Crippen molar-refractivity contribution < 1.29 is 14.7 Å². The molecule has 2 aliphatic heterocycles. The van der Waals surface area contributed by atoms with E-state index in [-0.39, 0.29) is 5.91 Å². The molecule has 0 aliphatic carbocycles. The Morgan fingerprint density at radius 3 is 2.52 bits per heavy atom. The van der Waals surface area contributed by atoms with Gasteiger partial charge in [0.1, 0.15) is 6.04 Å². The quantitative estimate of drug-likeness (QED) is 0.884. The van der Waals surface area contributed by atoms with Crippen LogP contribution >= 0.6 is 0 Å². The lowest BCUT2D eigenvalue weighted by Gasteiger charge is -2.36. The predicted molar refractivity (Wildman–Crippen MR) is 87.6 cm³/mol. The fraction of sp³-hybridized carbons (Fsp3) is 0.529. The Morgan fingerprint density at radius 1 is 1.13 bits per heavy atom. The Bertz CT molecular complexity index is 597. The number of carboxylic acids is 1. The van der Waals surface area contributed by atoms with Crippen molar-refractivity contribution in [2.45, 2.75) is 19.4 Å². The minimum atomic E-state index is -0.789. The van der Waals surface area contributed by atoms with E-state index < -0.39 is 12.0 Å². The van der Waals surface area contributed by atoms with E-state index in [1.165, 1.54) is 5.56 Å². The van der Waals surface area contributed by atoms with Crippen molar-refractivity contribution in [2.75, 3.05) is 44.2 Å². The van der Waals surface area contributed by atoms with Crippen LogP contribution in [-0.4, -0.2) is 72.1 Å². The first kappa shape index (κ1) is 16.0. The summed E-state index contributed by atoms with van der Waals surface area (Å²) in [6.45, 7) is 5.73. The third kappa shape index (κ3) is 3.38. The number of carboxylic acid groups (broad SMARTS) is 1. The second-order valence-electron chi connectivity index (χ2n) is 6.25. The molecule has 1 unspecified atom stereocenters. The van der Waals surface area contributed by atoms with E-state index in [1.54, 1.807) is 6.92 Å². The van der Waals surface area contributed by atoms with E-state index in [1.807, 2.05) is 28.0 Å². The highest BCUT2D eigenvalue weighted by atomic mass is 16.4. The third-order valence-electron chi connectivity index (χ3n) is 4.86. The molecule has 1 saturated heterocycles. The average Bonchev–Trinajstić information content (AvgIpc) is 2.99. The van der Waals surface area contributed by atoms with Crippen LogP contribution in [0.5, 0.6) is 0 Å². The van der Waals surface area contributed by atoms with Gasteiger partial charge in [-0.2, -0.15) is 0 Å². The van der Waals surface area contributed by atoms with Crippen LogP contribution in [-0.2, 0) is 16.0 Å². The Balaban J connectivity index is 1.54. The zero-order valence-electron chi connectivity index (χ0n) is 13.4. The van der Waals surface area contributed by atoms with Crippen molar-refractivity contribution in [3.63, 3.8) is 0 Å². The first-order valence-corrected chi connectivity index (χ1v) is 8.14. The van der Waals surface area contributed by atoms with Crippen molar-refractivity contribution >= 4 is 17.6 Å². The van der Waals surface area contributed by atoms with Gasteiger partial charge < -0.3 is 10.0 Å². The topological polar surface area (TPSA) is 64.1 Å². The molecule has 1 fully saturated rings. The number of hydrogen-bond acceptors (Lipinski definition) is 4. The molecule has 1 atom stereocenters. The number of para-hydroxylation sites is 1. The SMILES string of the molecule is CC(C(=O)O)N1CCN(CC(=O)N2CCc3ccccc32)CC1. The number of aliphatic carboxylic acids is 1. The minimum absolute atomic E-state index is 0.134. The van der Waals surface area contributed by atoms with Gasteiger partial charge in [0.25, 0.3) is 0 Å². The predicted octanol–water partition coefficient (Wildman–Crippen LogP) is 0.666. The van der Waals surface area contributed by atoms with Gasteiger partial charge in [0, 0.05) is 38.4 Å². The normalized spacial score (nSPS) is 20.3. The second kappa shape index (κ2) is 6.68. The summed E-state index contributed by atoms with van der Waals surface area (Å²) in [4.78, 5) is 29.6. The molecule has 2 aliphatic rings. The van der Waals surface area contributed by atoms with Crippen molar-refractivity contribution in [1.29, 1.82) is 0 Å². The molecule has 1 aromatic carbocycles. The van der Waals surface area contributed by atoms with E-state index in [0.717, 1.165) is 31.7 Å². The van der Waals surface area contributed by atoms with Crippen LogP contribution in [0.25, 0.3) is 0 Å². The summed E-state index contributed by atoms with van der Waals surface area (Å²) in [5.74, 6) is -0.655. The molecule has 0 saturated carbocycles. The Kier molecular flexibility index (Phi) is 4.63. The van der Waals surface area contributed by atoms with E-state index >= 15 is 0 Å². The third-order valence-corrected chi connectivity index (χ3v) is 4.86. The van der Waals surface area contributed by atoms with Gasteiger partial charge in [-0.1, -0.05) is 18.2 Å². The summed E-state index contributed by atoms with van der Waals surface area (Å²) >= 11 is 0. The minimum Gasteiger partial charge on any atom is -0.480 e. The van der Waals surface area contributed by atoms with Gasteiger partial charge in [-0.05, 0) is 25.0 Å². The monoisotopic (exact) mass is 317 g/mol. The summed E-state index contributed by atoms with van der Waals surface area (Å²) in [5, 5.41) is 9.07. The van der Waals surface area contributed by atoms with E-state index in [9.17, 15) is 9.59 Å². The largest absolute Gasteiger partial charge is 0.480 e. The molecule has 1 aromatic rings. The van der Waals surface area contributed by atoms with E-state index in [0.29, 0.717) is 19.6 Å². The number of carbonyl (C=O) groups excluding carboxylic acids is 1. The second-order valence-corrected chi connectivity index (χ2v) is 6.25. The standard InChI is InChI=1S/C17H23N3O3/c1-13(17(22)23)19-10-8-18(9-11-19)12-16(21)20-7-6-14-4-2-3-5-15(14)20/h2-5,13H,6-12H2,1H3,(H,22,23). The molecular weight excluding hydrogens is 294 g/mol. The molecule has 6 heteroatoms. The first-order valence-electron chi connectivity index (χ1n) is 8.14. The van der Waals surface area contributed by atoms with Crippen molar-refractivity contribution in [3.8, 4) is 0 Å². The molecule has 2 heterocycles. The number of anilines is 1. The van der Waals surface area contributed by atoms with Gasteiger partial charge in [-0.25, -0.2) is 0 Å². The molecule has 1 amide bonds. The Morgan fingerprint density at radius 2 is 1.83 bits per heavy atom. The number of hydrogen-bond donors (Lipinski definition) is 1. The number of fused-ring (bicyclic) bond motifs is 1. The lowest BCUT2D eigenvalue weighted by atomic mass is 10.2. The maximum atomic E-state index is 12.6. The van der Waals surface area contributed by atoms with Gasteiger partial charge in [0.15, 0.2) is 0 Å². The van der Waals surface area contributed by atoms with Gasteiger partial charge in [0.2, 0.25) is 5.91 Å². The zero-order valence-corrected chi connectivity index (χ0v) is 13.4. The van der Waals surface area contributed by atoms with Gasteiger partial charge in [-0.3, -0.25) is 19.4 Å². The van der Waals surface area contributed by atoms with Crippen LogP contribution in [0.1, 0.15) is 12.5 Å². The summed E-state index contributed by atoms with van der Waals surface area (Å²) in [6, 6.07) is 7.60. The molecule has 6 nitrogen and oxygen atoms in total. The maximum absolute atomic E-state index is 12.6. The summed E-state index contributed by atoms with van der Waals surface area (Å²) in [6.07, 6.45) is 0.922. The highest BCUT2D eigenvalue weighted by molar-refractivity contribution is 5.96. The van der Waals surface area contributed by atoms with Gasteiger partial charge in [-0.15, -0.1) is 0 Å². The van der Waals surface area contributed by atoms with Crippen LogP contribution in [0.4, 0.5) is 5.69 Å². The van der Waals surface area contributed by atoms with E-state index in [2.05, 4.69) is 11.0 Å². The zero-order chi connectivity index (χ0) is 16.4. The van der Waals surface area contributed by atoms with Crippen molar-refractivity contribution in [1.82, 2.24) is 9.80 Å². The van der Waals surface area contributed by atoms with E-state index in [4.69, 9.17) is 5.11 Å². The molecule has 23 heavy (non-hydrogen) atoms. The first-order chi connectivity index (χ1) is 11.1. The number of piperazine rings is 1. The smallest absolute Gasteiger partial charge is 0.320 e. The van der Waals surface area contributed by atoms with Crippen LogP contribution in [0.2, 0.25) is 0 Å². The fourth-order valence-electron chi connectivity index (χ4n) is 3.34. The Labute approximate surface area is 136 Å². The number of carbonyl (C=O) groups is 2.